The lowest BCUT2D eigenvalue weighted by molar-refractivity contribution is -0.138. The van der Waals surface area contributed by atoms with Crippen LogP contribution in [0.15, 0.2) is 17.5 Å². The quantitative estimate of drug-likeness (QED) is 0.0736. The summed E-state index contributed by atoms with van der Waals surface area (Å²) in [7, 11) is 0. The van der Waals surface area contributed by atoms with E-state index in [1.54, 1.807) is 0 Å². The Bertz CT molecular complexity index is 794. The van der Waals surface area contributed by atoms with Crippen molar-refractivity contribution in [2.45, 2.75) is 37.4 Å². The summed E-state index contributed by atoms with van der Waals surface area (Å²) in [6, 6.07) is -3.56. The number of aromatic amines is 1. The highest BCUT2D eigenvalue weighted by Crippen LogP contribution is 2.01. The number of hydrogen-bond donors (Lipinski definition) is 9. The van der Waals surface area contributed by atoms with E-state index in [1.165, 1.54) is 12.5 Å². The molecule has 0 bridgehead atoms. The van der Waals surface area contributed by atoms with Gasteiger partial charge >= 0.3 is 5.97 Å². The Morgan fingerprint density at radius 2 is 1.81 bits per heavy atom. The predicted molar refractivity (Wildman–Crippen MR) is 112 cm³/mol. The van der Waals surface area contributed by atoms with Gasteiger partial charge in [0.1, 0.15) is 18.6 Å². The number of aliphatic imine (C=N–C) groups is 1. The maximum atomic E-state index is 12.6. The van der Waals surface area contributed by atoms with Crippen molar-refractivity contribution in [1.82, 2.24) is 25.9 Å². The minimum Gasteiger partial charge on any atom is -0.480 e. The van der Waals surface area contributed by atoms with E-state index >= 15 is 0 Å². The zero-order valence-electron chi connectivity index (χ0n) is 17.3. The summed E-state index contributed by atoms with van der Waals surface area (Å²) in [5, 5.41) is 25.1. The number of nitrogens with one attached hydrogen (secondary N) is 4. The molecule has 0 aromatic carbocycles. The molecule has 15 nitrogen and oxygen atoms in total. The molecule has 1 aromatic heterocycles. The van der Waals surface area contributed by atoms with Crippen LogP contribution in [0.4, 0.5) is 0 Å². The van der Waals surface area contributed by atoms with Crippen molar-refractivity contribution in [3.05, 3.63) is 18.2 Å². The summed E-state index contributed by atoms with van der Waals surface area (Å²) in [5.74, 6) is -3.67. The maximum absolute atomic E-state index is 12.6. The predicted octanol–water partition coefficient (Wildman–Crippen LogP) is -4.50. The molecule has 0 saturated heterocycles. The van der Waals surface area contributed by atoms with Crippen molar-refractivity contribution in [3.63, 3.8) is 0 Å². The van der Waals surface area contributed by atoms with Gasteiger partial charge in [0.25, 0.3) is 0 Å². The number of aliphatic hydroxyl groups is 1. The number of rotatable bonds is 14. The van der Waals surface area contributed by atoms with Gasteiger partial charge in [0, 0.05) is 24.9 Å². The second kappa shape index (κ2) is 13.6. The van der Waals surface area contributed by atoms with E-state index in [9.17, 15) is 24.3 Å². The molecule has 1 heterocycles. The lowest BCUT2D eigenvalue weighted by atomic mass is 10.1. The molecule has 3 unspecified atom stereocenters. The van der Waals surface area contributed by atoms with Gasteiger partial charge < -0.3 is 48.3 Å². The number of nitrogens with two attached hydrogens (primary N) is 3. The number of carbonyl (C=O) groups excluding carboxylic acids is 3. The molecule has 12 N–H and O–H groups in total. The molecule has 0 fully saturated rings. The van der Waals surface area contributed by atoms with Gasteiger partial charge in [-0.2, -0.15) is 0 Å². The van der Waals surface area contributed by atoms with Gasteiger partial charge in [0.05, 0.1) is 19.0 Å². The van der Waals surface area contributed by atoms with Crippen LogP contribution in [0.1, 0.15) is 18.5 Å². The van der Waals surface area contributed by atoms with Gasteiger partial charge in [-0.3, -0.25) is 24.2 Å². The number of nitrogens with zero attached hydrogens (tertiary/aromatic N) is 2. The Kier molecular flexibility index (Phi) is 11.1. The van der Waals surface area contributed by atoms with Gasteiger partial charge in [0.15, 0.2) is 5.96 Å². The van der Waals surface area contributed by atoms with Gasteiger partial charge in [-0.1, -0.05) is 0 Å². The fourth-order valence-corrected chi connectivity index (χ4v) is 2.51. The molecule has 1 aromatic rings. The molecule has 3 amide bonds. The number of hydrogen-bond acceptors (Lipinski definition) is 8. The smallest absolute Gasteiger partial charge is 0.322 e. The van der Waals surface area contributed by atoms with Crippen LogP contribution in [0, 0.1) is 0 Å². The van der Waals surface area contributed by atoms with Crippen molar-refractivity contribution in [1.29, 1.82) is 0 Å². The summed E-state index contributed by atoms with van der Waals surface area (Å²) < 4.78 is 0. The first-order chi connectivity index (χ1) is 15.1. The number of aliphatic hydroxyl groups excluding tert-OH is 1. The lowest BCUT2D eigenvalue weighted by Crippen LogP contribution is -2.57. The second-order valence-corrected chi connectivity index (χ2v) is 6.75. The Labute approximate surface area is 183 Å². The van der Waals surface area contributed by atoms with E-state index in [4.69, 9.17) is 22.3 Å². The van der Waals surface area contributed by atoms with Crippen molar-refractivity contribution in [2.24, 2.45) is 22.2 Å². The largest absolute Gasteiger partial charge is 0.480 e. The Morgan fingerprint density at radius 3 is 2.38 bits per heavy atom. The molecular formula is C17H29N9O6. The summed E-state index contributed by atoms with van der Waals surface area (Å²) >= 11 is 0. The van der Waals surface area contributed by atoms with Crippen LogP contribution in [-0.2, 0) is 25.6 Å². The van der Waals surface area contributed by atoms with E-state index in [1.807, 2.05) is 0 Å². The molecule has 1 rings (SSSR count). The van der Waals surface area contributed by atoms with Crippen LogP contribution in [0.3, 0.4) is 0 Å². The standard InChI is InChI=1S/C17H29N9O6/c18-10(2-1-3-22-17(19)20)14(30)26-12(7-27)16(32)25-11(4-9-5-21-8-24-9)15(31)23-6-13(28)29/h5,8,10-12,27H,1-4,6-7,18H2,(H,21,24)(H,23,31)(H,25,32)(H,26,30)(H,28,29)(H4,19,20,22). The first kappa shape index (κ1) is 26.3. The van der Waals surface area contributed by atoms with Crippen molar-refractivity contribution in [2.75, 3.05) is 19.7 Å². The highest BCUT2D eigenvalue weighted by molar-refractivity contribution is 5.93. The minimum atomic E-state index is -1.39. The van der Waals surface area contributed by atoms with Crippen LogP contribution in [0.5, 0.6) is 0 Å². The van der Waals surface area contributed by atoms with E-state index in [0.29, 0.717) is 12.1 Å². The molecule has 0 aliphatic heterocycles. The number of aromatic nitrogens is 2. The Morgan fingerprint density at radius 1 is 1.12 bits per heavy atom. The normalized spacial score (nSPS) is 13.3. The monoisotopic (exact) mass is 455 g/mol. The topological polar surface area (TPSA) is 264 Å². The van der Waals surface area contributed by atoms with Gasteiger partial charge in [-0.05, 0) is 12.8 Å². The highest BCUT2D eigenvalue weighted by atomic mass is 16.4. The number of carboxylic acids is 1. The summed E-state index contributed by atoms with van der Waals surface area (Å²) in [5.41, 5.74) is 16.7. The number of carboxylic acid groups (broad SMARTS) is 1. The zero-order chi connectivity index (χ0) is 24.1. The molecule has 3 atom stereocenters. The van der Waals surface area contributed by atoms with Crippen LogP contribution < -0.4 is 33.2 Å². The number of imidazole rings is 1. The fourth-order valence-electron chi connectivity index (χ4n) is 2.51. The minimum absolute atomic E-state index is 0.0341. The van der Waals surface area contributed by atoms with Crippen LogP contribution in [0.25, 0.3) is 0 Å². The molecule has 0 aliphatic carbocycles. The number of aliphatic carboxylic acids is 1. The third kappa shape index (κ3) is 9.86. The Hall–Kier alpha value is -3.72. The third-order valence-electron chi connectivity index (χ3n) is 4.15. The average molecular weight is 455 g/mol. The van der Waals surface area contributed by atoms with Crippen LogP contribution in [0.2, 0.25) is 0 Å². The highest BCUT2D eigenvalue weighted by Gasteiger charge is 2.28. The van der Waals surface area contributed by atoms with E-state index in [2.05, 4.69) is 30.9 Å². The number of carbonyl (C=O) groups is 4. The van der Waals surface area contributed by atoms with Gasteiger partial charge in [-0.25, -0.2) is 4.98 Å². The number of amides is 3. The van der Waals surface area contributed by atoms with Gasteiger partial charge in [0.2, 0.25) is 17.7 Å². The zero-order valence-corrected chi connectivity index (χ0v) is 17.3. The van der Waals surface area contributed by atoms with Crippen molar-refractivity contribution >= 4 is 29.7 Å². The summed E-state index contributed by atoms with van der Waals surface area (Å²) in [6.07, 6.45) is 3.40. The first-order valence-corrected chi connectivity index (χ1v) is 9.63. The van der Waals surface area contributed by atoms with Crippen LogP contribution in [-0.4, -0.2) is 87.7 Å². The summed E-state index contributed by atoms with van der Waals surface area (Å²) in [4.78, 5) is 58.1. The van der Waals surface area contributed by atoms with Crippen molar-refractivity contribution in [3.8, 4) is 0 Å². The van der Waals surface area contributed by atoms with Crippen molar-refractivity contribution < 1.29 is 29.4 Å². The first-order valence-electron chi connectivity index (χ1n) is 9.63. The van der Waals surface area contributed by atoms with Crippen LogP contribution >= 0.6 is 0 Å². The Balaban J connectivity index is 2.71. The van der Waals surface area contributed by atoms with Gasteiger partial charge in [-0.15, -0.1) is 0 Å². The summed E-state index contributed by atoms with van der Waals surface area (Å²) in [6.45, 7) is -1.14. The third-order valence-corrected chi connectivity index (χ3v) is 4.15. The molecule has 0 radical (unpaired) electrons. The van der Waals surface area contributed by atoms with E-state index in [-0.39, 0.29) is 25.3 Å². The average Bonchev–Trinajstić information content (AvgIpc) is 3.25. The molecule has 178 valence electrons. The van der Waals surface area contributed by atoms with E-state index < -0.39 is 55.0 Å². The molecule has 0 spiro atoms. The molecule has 32 heavy (non-hydrogen) atoms. The maximum Gasteiger partial charge on any atom is 0.322 e. The molecule has 15 heteroatoms. The number of guanidine groups is 1. The SMILES string of the molecule is NC(N)=NCCCC(N)C(=O)NC(CO)C(=O)NC(Cc1cnc[nH]1)C(=O)NCC(=O)O. The number of H-pyrrole nitrogens is 1. The van der Waals surface area contributed by atoms with E-state index in [0.717, 1.165) is 0 Å². The molecule has 0 saturated carbocycles. The second-order valence-electron chi connectivity index (χ2n) is 6.75. The molecule has 0 aliphatic rings. The lowest BCUT2D eigenvalue weighted by Gasteiger charge is -2.22. The fraction of sp³-hybridized carbons (Fsp3) is 0.529. The molecular weight excluding hydrogens is 426 g/mol.